The number of hydrogen-bond donors (Lipinski definition) is 3. The molecule has 3 N–H and O–H groups in total. The third kappa shape index (κ3) is 3.20. The molecule has 5 nitrogen and oxygen atoms in total. The Balaban J connectivity index is 2.36. The molecule has 1 rings (SSSR count). The van der Waals surface area contributed by atoms with Gasteiger partial charge in [0, 0.05) is 6.54 Å². The molecule has 0 unspecified atom stereocenters. The standard InChI is InChI=1S/C10H18N2O3/c1-10(2,9(14)15)6-12-8(13)7-4-3-5-11-7/h7,11H,3-6H2,1-2H3,(H,12,13)(H,14,15)/t7-/m0/s1. The zero-order chi connectivity index (χ0) is 11.5. The van der Waals surface area contributed by atoms with Gasteiger partial charge in [-0.05, 0) is 33.2 Å². The SMILES string of the molecule is CC(C)(CNC(=O)[C@@H]1CCCN1)C(=O)O. The second-order valence-electron chi connectivity index (χ2n) is 4.56. The Hall–Kier alpha value is -1.10. The summed E-state index contributed by atoms with van der Waals surface area (Å²) in [4.78, 5) is 22.3. The summed E-state index contributed by atoms with van der Waals surface area (Å²) in [5.74, 6) is -0.996. The van der Waals surface area contributed by atoms with Crippen molar-refractivity contribution in [2.24, 2.45) is 5.41 Å². The van der Waals surface area contributed by atoms with Crippen molar-refractivity contribution in [2.75, 3.05) is 13.1 Å². The fourth-order valence-corrected chi connectivity index (χ4v) is 1.42. The summed E-state index contributed by atoms with van der Waals surface area (Å²) in [7, 11) is 0. The van der Waals surface area contributed by atoms with Crippen LogP contribution in [0.2, 0.25) is 0 Å². The average molecular weight is 214 g/mol. The summed E-state index contributed by atoms with van der Waals surface area (Å²) >= 11 is 0. The highest BCUT2D eigenvalue weighted by Gasteiger charge is 2.29. The number of carbonyl (C=O) groups excluding carboxylic acids is 1. The monoisotopic (exact) mass is 214 g/mol. The first kappa shape index (κ1) is 12.0. The number of rotatable bonds is 4. The van der Waals surface area contributed by atoms with Crippen molar-refractivity contribution >= 4 is 11.9 Å². The number of nitrogens with one attached hydrogen (secondary N) is 2. The minimum atomic E-state index is -0.908. The molecule has 0 spiro atoms. The van der Waals surface area contributed by atoms with Gasteiger partial charge < -0.3 is 15.7 Å². The van der Waals surface area contributed by atoms with E-state index < -0.39 is 11.4 Å². The predicted molar refractivity (Wildman–Crippen MR) is 55.5 cm³/mol. The van der Waals surface area contributed by atoms with Crippen LogP contribution in [0.1, 0.15) is 26.7 Å². The first-order chi connectivity index (χ1) is 6.93. The molecule has 0 saturated carbocycles. The van der Waals surface area contributed by atoms with Gasteiger partial charge >= 0.3 is 5.97 Å². The molecule has 1 amide bonds. The van der Waals surface area contributed by atoms with Crippen molar-refractivity contribution in [3.8, 4) is 0 Å². The summed E-state index contributed by atoms with van der Waals surface area (Å²) in [5.41, 5.74) is -0.908. The van der Waals surface area contributed by atoms with Crippen LogP contribution >= 0.6 is 0 Å². The highest BCUT2D eigenvalue weighted by Crippen LogP contribution is 2.13. The number of carboxylic acid groups (broad SMARTS) is 1. The molecule has 0 aromatic rings. The third-order valence-corrected chi connectivity index (χ3v) is 2.66. The maximum Gasteiger partial charge on any atom is 0.310 e. The molecule has 0 aromatic heterocycles. The van der Waals surface area contributed by atoms with E-state index in [9.17, 15) is 9.59 Å². The summed E-state index contributed by atoms with van der Waals surface area (Å²) < 4.78 is 0. The van der Waals surface area contributed by atoms with Gasteiger partial charge in [-0.2, -0.15) is 0 Å². The van der Waals surface area contributed by atoms with Gasteiger partial charge in [-0.25, -0.2) is 0 Å². The molecule has 1 atom stereocenters. The normalized spacial score (nSPS) is 21.3. The molecule has 1 saturated heterocycles. The van der Waals surface area contributed by atoms with Gasteiger partial charge in [-0.15, -0.1) is 0 Å². The van der Waals surface area contributed by atoms with Gasteiger partial charge in [0.25, 0.3) is 0 Å². The number of carbonyl (C=O) groups is 2. The van der Waals surface area contributed by atoms with Gasteiger partial charge in [0.05, 0.1) is 11.5 Å². The molecule has 0 bridgehead atoms. The maximum atomic E-state index is 11.5. The Morgan fingerprint density at radius 2 is 2.20 bits per heavy atom. The first-order valence-corrected chi connectivity index (χ1v) is 5.18. The molecule has 0 aromatic carbocycles. The average Bonchev–Trinajstić information content (AvgIpc) is 2.66. The lowest BCUT2D eigenvalue weighted by atomic mass is 9.94. The van der Waals surface area contributed by atoms with Crippen molar-refractivity contribution in [1.82, 2.24) is 10.6 Å². The van der Waals surface area contributed by atoms with Crippen LogP contribution in [0.25, 0.3) is 0 Å². The molecule has 0 radical (unpaired) electrons. The van der Waals surface area contributed by atoms with Gasteiger partial charge in [0.15, 0.2) is 0 Å². The van der Waals surface area contributed by atoms with E-state index in [1.165, 1.54) is 0 Å². The summed E-state index contributed by atoms with van der Waals surface area (Å²) in [6.07, 6.45) is 1.83. The highest BCUT2D eigenvalue weighted by atomic mass is 16.4. The van der Waals surface area contributed by atoms with E-state index in [-0.39, 0.29) is 18.5 Å². The van der Waals surface area contributed by atoms with Crippen LogP contribution in [0.3, 0.4) is 0 Å². The molecule has 5 heteroatoms. The van der Waals surface area contributed by atoms with Crippen LogP contribution in [0.15, 0.2) is 0 Å². The van der Waals surface area contributed by atoms with Crippen molar-refractivity contribution < 1.29 is 14.7 Å². The predicted octanol–water partition coefficient (Wildman–Crippen LogP) is -0.0346. The van der Waals surface area contributed by atoms with Crippen molar-refractivity contribution in [2.45, 2.75) is 32.7 Å². The van der Waals surface area contributed by atoms with E-state index in [0.717, 1.165) is 19.4 Å². The van der Waals surface area contributed by atoms with Gasteiger partial charge in [0.2, 0.25) is 5.91 Å². The number of aliphatic carboxylic acids is 1. The van der Waals surface area contributed by atoms with Crippen LogP contribution in [0.4, 0.5) is 0 Å². The van der Waals surface area contributed by atoms with Gasteiger partial charge in [-0.1, -0.05) is 0 Å². The molecule has 1 aliphatic heterocycles. The molecule has 86 valence electrons. The fraction of sp³-hybridized carbons (Fsp3) is 0.800. The number of hydrogen-bond acceptors (Lipinski definition) is 3. The fourth-order valence-electron chi connectivity index (χ4n) is 1.42. The van der Waals surface area contributed by atoms with Crippen LogP contribution < -0.4 is 10.6 Å². The van der Waals surface area contributed by atoms with Crippen LogP contribution in [0, 0.1) is 5.41 Å². The Morgan fingerprint density at radius 3 is 2.67 bits per heavy atom. The Morgan fingerprint density at radius 1 is 1.53 bits per heavy atom. The lowest BCUT2D eigenvalue weighted by Gasteiger charge is -2.20. The van der Waals surface area contributed by atoms with E-state index in [0.29, 0.717) is 0 Å². The molecule has 0 aliphatic carbocycles. The zero-order valence-electron chi connectivity index (χ0n) is 9.17. The molecule has 1 fully saturated rings. The Labute approximate surface area is 89.2 Å². The zero-order valence-corrected chi connectivity index (χ0v) is 9.17. The maximum absolute atomic E-state index is 11.5. The molecule has 1 heterocycles. The second kappa shape index (κ2) is 4.61. The summed E-state index contributed by atoms with van der Waals surface area (Å²) in [5, 5.41) is 14.6. The minimum absolute atomic E-state index is 0.0955. The largest absolute Gasteiger partial charge is 0.481 e. The summed E-state index contributed by atoms with van der Waals surface area (Å²) in [6.45, 7) is 4.22. The van der Waals surface area contributed by atoms with Crippen LogP contribution in [0.5, 0.6) is 0 Å². The topological polar surface area (TPSA) is 78.4 Å². The Bertz CT molecular complexity index is 257. The van der Waals surface area contributed by atoms with Gasteiger partial charge in [0.1, 0.15) is 0 Å². The van der Waals surface area contributed by atoms with Crippen molar-refractivity contribution in [3.05, 3.63) is 0 Å². The van der Waals surface area contributed by atoms with Crippen molar-refractivity contribution in [3.63, 3.8) is 0 Å². The lowest BCUT2D eigenvalue weighted by Crippen LogP contribution is -2.45. The smallest absolute Gasteiger partial charge is 0.310 e. The van der Waals surface area contributed by atoms with Crippen LogP contribution in [-0.4, -0.2) is 36.1 Å². The molecular formula is C10H18N2O3. The third-order valence-electron chi connectivity index (χ3n) is 2.66. The van der Waals surface area contributed by atoms with Crippen LogP contribution in [-0.2, 0) is 9.59 Å². The second-order valence-corrected chi connectivity index (χ2v) is 4.56. The summed E-state index contributed by atoms with van der Waals surface area (Å²) in [6, 6.07) is -0.144. The van der Waals surface area contributed by atoms with E-state index >= 15 is 0 Å². The Kier molecular flexibility index (Phi) is 3.68. The lowest BCUT2D eigenvalue weighted by molar-refractivity contribution is -0.146. The van der Waals surface area contributed by atoms with E-state index in [4.69, 9.17) is 5.11 Å². The van der Waals surface area contributed by atoms with E-state index in [2.05, 4.69) is 10.6 Å². The number of carboxylic acids is 1. The van der Waals surface area contributed by atoms with Crippen molar-refractivity contribution in [1.29, 1.82) is 0 Å². The molecule has 15 heavy (non-hydrogen) atoms. The minimum Gasteiger partial charge on any atom is -0.481 e. The first-order valence-electron chi connectivity index (χ1n) is 5.18. The molecular weight excluding hydrogens is 196 g/mol. The number of amides is 1. The highest BCUT2D eigenvalue weighted by molar-refractivity contribution is 5.83. The quantitative estimate of drug-likeness (QED) is 0.614. The van der Waals surface area contributed by atoms with E-state index in [1.807, 2.05) is 0 Å². The van der Waals surface area contributed by atoms with Gasteiger partial charge in [-0.3, -0.25) is 9.59 Å². The molecule has 1 aliphatic rings. The van der Waals surface area contributed by atoms with E-state index in [1.54, 1.807) is 13.8 Å².